The Labute approximate surface area is 104 Å². The summed E-state index contributed by atoms with van der Waals surface area (Å²) in [5.74, 6) is 0.696. The van der Waals surface area contributed by atoms with Gasteiger partial charge in [0.05, 0.1) is 25.5 Å². The van der Waals surface area contributed by atoms with Crippen LogP contribution in [0, 0.1) is 0 Å². The molecule has 1 aliphatic carbocycles. The fourth-order valence-electron chi connectivity index (χ4n) is 2.00. The summed E-state index contributed by atoms with van der Waals surface area (Å²) in [6.45, 7) is 0.0244. The summed E-state index contributed by atoms with van der Waals surface area (Å²) in [7, 11) is 0. The first-order valence-electron chi connectivity index (χ1n) is 5.75. The summed E-state index contributed by atoms with van der Waals surface area (Å²) in [5.41, 5.74) is 0.296. The van der Waals surface area contributed by atoms with E-state index < -0.39 is 24.4 Å². The Balaban J connectivity index is 2.04. The molecular formula is C12H17NO5. The smallest absolute Gasteiger partial charge is 0.117 e. The van der Waals surface area contributed by atoms with E-state index in [1.807, 2.05) is 0 Å². The number of hydrogen-bond donors (Lipinski definition) is 5. The van der Waals surface area contributed by atoms with E-state index in [4.69, 9.17) is 9.52 Å². The quantitative estimate of drug-likeness (QED) is 0.431. The van der Waals surface area contributed by atoms with Gasteiger partial charge in [-0.3, -0.25) is 0 Å². The summed E-state index contributed by atoms with van der Waals surface area (Å²) in [6.07, 6.45) is -0.601. The van der Waals surface area contributed by atoms with E-state index in [9.17, 15) is 15.3 Å². The van der Waals surface area contributed by atoms with E-state index in [0.717, 1.165) is 0 Å². The van der Waals surface area contributed by atoms with Crippen molar-refractivity contribution in [2.45, 2.75) is 30.9 Å². The number of furan rings is 1. The zero-order valence-electron chi connectivity index (χ0n) is 9.73. The van der Waals surface area contributed by atoms with Crippen molar-refractivity contribution in [3.05, 3.63) is 35.8 Å². The highest BCUT2D eigenvalue weighted by molar-refractivity contribution is 5.21. The molecule has 1 aromatic heterocycles. The van der Waals surface area contributed by atoms with E-state index in [0.29, 0.717) is 17.9 Å². The van der Waals surface area contributed by atoms with E-state index in [2.05, 4.69) is 5.32 Å². The van der Waals surface area contributed by atoms with E-state index in [-0.39, 0.29) is 6.61 Å². The third-order valence-corrected chi connectivity index (χ3v) is 3.09. The van der Waals surface area contributed by atoms with Gasteiger partial charge in [0.1, 0.15) is 24.1 Å². The molecule has 6 heteroatoms. The van der Waals surface area contributed by atoms with Crippen LogP contribution >= 0.6 is 0 Å². The Morgan fingerprint density at radius 2 is 2.00 bits per heavy atom. The highest BCUT2D eigenvalue weighted by Gasteiger charge is 2.36. The maximum absolute atomic E-state index is 9.82. The molecule has 0 fully saturated rings. The molecule has 1 heterocycles. The van der Waals surface area contributed by atoms with Gasteiger partial charge in [-0.25, -0.2) is 0 Å². The Bertz CT molecular complexity index is 403. The normalized spacial score (nSPS) is 32.3. The first-order chi connectivity index (χ1) is 8.63. The van der Waals surface area contributed by atoms with Crippen LogP contribution in [0.4, 0.5) is 0 Å². The van der Waals surface area contributed by atoms with E-state index in [1.165, 1.54) is 6.08 Å². The van der Waals surface area contributed by atoms with Crippen molar-refractivity contribution in [1.82, 2.24) is 5.32 Å². The number of aliphatic hydroxyl groups excluding tert-OH is 4. The van der Waals surface area contributed by atoms with Crippen LogP contribution in [0.5, 0.6) is 0 Å². The summed E-state index contributed by atoms with van der Waals surface area (Å²) in [4.78, 5) is 0. The first-order valence-corrected chi connectivity index (χ1v) is 5.75. The molecule has 4 unspecified atom stereocenters. The van der Waals surface area contributed by atoms with E-state index >= 15 is 0 Å². The second kappa shape index (κ2) is 5.64. The molecule has 0 spiro atoms. The van der Waals surface area contributed by atoms with Crippen LogP contribution < -0.4 is 5.32 Å². The maximum Gasteiger partial charge on any atom is 0.117 e. The Morgan fingerprint density at radius 3 is 2.61 bits per heavy atom. The molecule has 4 atom stereocenters. The van der Waals surface area contributed by atoms with Crippen molar-refractivity contribution in [1.29, 1.82) is 0 Å². The molecule has 0 saturated carbocycles. The zero-order valence-corrected chi connectivity index (χ0v) is 9.73. The average molecular weight is 255 g/mol. The fraction of sp³-hybridized carbons (Fsp3) is 0.500. The topological polar surface area (TPSA) is 106 Å². The van der Waals surface area contributed by atoms with Crippen LogP contribution in [-0.2, 0) is 6.54 Å². The number of aliphatic hydroxyl groups is 4. The third-order valence-electron chi connectivity index (χ3n) is 3.09. The molecule has 6 nitrogen and oxygen atoms in total. The van der Waals surface area contributed by atoms with Crippen molar-refractivity contribution in [3.8, 4) is 0 Å². The Morgan fingerprint density at radius 1 is 1.22 bits per heavy atom. The first kappa shape index (κ1) is 13.3. The van der Waals surface area contributed by atoms with Gasteiger partial charge in [0, 0.05) is 0 Å². The number of hydrogen-bond acceptors (Lipinski definition) is 6. The molecule has 0 aromatic carbocycles. The Hall–Kier alpha value is -1.18. The summed E-state index contributed by atoms with van der Waals surface area (Å²) < 4.78 is 5.13. The lowest BCUT2D eigenvalue weighted by Gasteiger charge is -2.34. The number of nitrogens with one attached hydrogen (secondary N) is 1. The van der Waals surface area contributed by atoms with Gasteiger partial charge in [-0.05, 0) is 17.7 Å². The van der Waals surface area contributed by atoms with Crippen molar-refractivity contribution in [3.63, 3.8) is 0 Å². The summed E-state index contributed by atoms with van der Waals surface area (Å²) in [6, 6.07) is 2.99. The second-order valence-corrected chi connectivity index (χ2v) is 4.31. The SMILES string of the molecule is OCC1=CC(NCc2ccco2)C(O)C(O)C1O. The van der Waals surface area contributed by atoms with Crippen LogP contribution in [0.15, 0.2) is 34.5 Å². The van der Waals surface area contributed by atoms with Crippen molar-refractivity contribution in [2.24, 2.45) is 0 Å². The molecule has 1 aromatic rings. The zero-order chi connectivity index (χ0) is 13.1. The minimum Gasteiger partial charge on any atom is -0.468 e. The molecule has 2 rings (SSSR count). The fourth-order valence-corrected chi connectivity index (χ4v) is 2.00. The minimum absolute atomic E-state index is 0.296. The summed E-state index contributed by atoms with van der Waals surface area (Å²) >= 11 is 0. The molecular weight excluding hydrogens is 238 g/mol. The molecule has 0 amide bonds. The summed E-state index contributed by atoms with van der Waals surface area (Å²) in [5, 5.41) is 41.1. The monoisotopic (exact) mass is 255 g/mol. The van der Waals surface area contributed by atoms with Crippen molar-refractivity contribution >= 4 is 0 Å². The molecule has 0 aliphatic heterocycles. The highest BCUT2D eigenvalue weighted by Crippen LogP contribution is 2.20. The largest absolute Gasteiger partial charge is 0.468 e. The van der Waals surface area contributed by atoms with Crippen LogP contribution in [0.1, 0.15) is 5.76 Å². The van der Waals surface area contributed by atoms with Gasteiger partial charge in [-0.1, -0.05) is 6.08 Å². The lowest BCUT2D eigenvalue weighted by molar-refractivity contribution is -0.0645. The van der Waals surface area contributed by atoms with Crippen molar-refractivity contribution in [2.75, 3.05) is 6.61 Å². The second-order valence-electron chi connectivity index (χ2n) is 4.31. The third kappa shape index (κ3) is 2.63. The van der Waals surface area contributed by atoms with Crippen LogP contribution in [-0.4, -0.2) is 51.4 Å². The molecule has 0 radical (unpaired) electrons. The lowest BCUT2D eigenvalue weighted by Crippen LogP contribution is -2.53. The molecule has 0 bridgehead atoms. The predicted octanol–water partition coefficient (Wildman–Crippen LogP) is -1.25. The average Bonchev–Trinajstić information content (AvgIpc) is 2.88. The molecule has 1 aliphatic rings. The minimum atomic E-state index is -1.31. The van der Waals surface area contributed by atoms with Gasteiger partial charge in [-0.2, -0.15) is 0 Å². The predicted molar refractivity (Wildman–Crippen MR) is 62.5 cm³/mol. The van der Waals surface area contributed by atoms with Gasteiger partial charge in [-0.15, -0.1) is 0 Å². The van der Waals surface area contributed by atoms with Gasteiger partial charge in [0.2, 0.25) is 0 Å². The van der Waals surface area contributed by atoms with Gasteiger partial charge >= 0.3 is 0 Å². The molecule has 0 saturated heterocycles. The number of rotatable bonds is 4. The molecule has 5 N–H and O–H groups in total. The van der Waals surface area contributed by atoms with Crippen LogP contribution in [0.2, 0.25) is 0 Å². The van der Waals surface area contributed by atoms with Crippen LogP contribution in [0.25, 0.3) is 0 Å². The van der Waals surface area contributed by atoms with Crippen LogP contribution in [0.3, 0.4) is 0 Å². The van der Waals surface area contributed by atoms with Gasteiger partial charge in [0.25, 0.3) is 0 Å². The lowest BCUT2D eigenvalue weighted by atomic mass is 9.88. The molecule has 18 heavy (non-hydrogen) atoms. The molecule has 100 valence electrons. The van der Waals surface area contributed by atoms with Gasteiger partial charge < -0.3 is 30.2 Å². The Kier molecular flexibility index (Phi) is 4.15. The van der Waals surface area contributed by atoms with Crippen molar-refractivity contribution < 1.29 is 24.8 Å². The standard InChI is InChI=1S/C12H17NO5/c14-6-7-4-9(11(16)12(17)10(7)15)13-5-8-2-1-3-18-8/h1-4,9-17H,5-6H2. The maximum atomic E-state index is 9.82. The van der Waals surface area contributed by atoms with Gasteiger partial charge in [0.15, 0.2) is 0 Å². The van der Waals surface area contributed by atoms with E-state index in [1.54, 1.807) is 18.4 Å². The highest BCUT2D eigenvalue weighted by atomic mass is 16.4.